The third-order valence-corrected chi connectivity index (χ3v) is 0.847. The number of carbonyl (C=O) groups is 1. The molecule has 0 fully saturated rings. The van der Waals surface area contributed by atoms with Crippen LogP contribution in [0.15, 0.2) is 25.0 Å². The SMILES string of the molecule is C=CC(=O)OC1C=CO1. The highest BCUT2D eigenvalue weighted by molar-refractivity contribution is 5.81. The maximum Gasteiger partial charge on any atom is 0.333 e. The van der Waals surface area contributed by atoms with Crippen LogP contribution < -0.4 is 0 Å². The third-order valence-electron chi connectivity index (χ3n) is 0.847. The lowest BCUT2D eigenvalue weighted by Crippen LogP contribution is -2.20. The molecule has 1 aliphatic heterocycles. The fraction of sp³-hybridized carbons (Fsp3) is 0.167. The van der Waals surface area contributed by atoms with E-state index in [4.69, 9.17) is 0 Å². The van der Waals surface area contributed by atoms with E-state index in [1.54, 1.807) is 6.08 Å². The molecule has 9 heavy (non-hydrogen) atoms. The van der Waals surface area contributed by atoms with Crippen LogP contribution in [0.5, 0.6) is 0 Å². The van der Waals surface area contributed by atoms with Gasteiger partial charge in [-0.15, -0.1) is 0 Å². The zero-order valence-corrected chi connectivity index (χ0v) is 4.74. The third kappa shape index (κ3) is 1.32. The first-order chi connectivity index (χ1) is 4.33. The fourth-order valence-corrected chi connectivity index (χ4v) is 0.372. The predicted molar refractivity (Wildman–Crippen MR) is 30.3 cm³/mol. The first-order valence-corrected chi connectivity index (χ1v) is 2.48. The van der Waals surface area contributed by atoms with E-state index in [1.165, 1.54) is 6.26 Å². The molecule has 48 valence electrons. The van der Waals surface area contributed by atoms with Gasteiger partial charge in [-0.25, -0.2) is 4.79 Å². The molecule has 0 aromatic carbocycles. The maximum atomic E-state index is 10.4. The van der Waals surface area contributed by atoms with E-state index in [0.29, 0.717) is 0 Å². The minimum atomic E-state index is -0.490. The summed E-state index contributed by atoms with van der Waals surface area (Å²) in [6.45, 7) is 3.22. The molecule has 0 saturated heterocycles. The lowest BCUT2D eigenvalue weighted by atomic mass is 10.5. The van der Waals surface area contributed by atoms with Gasteiger partial charge in [-0.3, -0.25) is 0 Å². The number of ether oxygens (including phenoxy) is 2. The molecule has 0 saturated carbocycles. The highest BCUT2D eigenvalue weighted by Gasteiger charge is 2.13. The number of hydrogen-bond acceptors (Lipinski definition) is 3. The number of hydrogen-bond donors (Lipinski definition) is 0. The van der Waals surface area contributed by atoms with Gasteiger partial charge in [-0.1, -0.05) is 6.58 Å². The van der Waals surface area contributed by atoms with Crippen LogP contribution in [-0.2, 0) is 14.3 Å². The van der Waals surface area contributed by atoms with E-state index < -0.39 is 12.3 Å². The molecule has 1 rings (SSSR count). The van der Waals surface area contributed by atoms with Crippen LogP contribution in [-0.4, -0.2) is 12.3 Å². The minimum absolute atomic E-state index is 0.468. The predicted octanol–water partition coefficient (Wildman–Crippen LogP) is 0.586. The van der Waals surface area contributed by atoms with Crippen molar-refractivity contribution in [1.29, 1.82) is 0 Å². The topological polar surface area (TPSA) is 35.5 Å². The average Bonchev–Trinajstić information content (AvgIpc) is 1.78. The molecule has 0 amide bonds. The first-order valence-electron chi connectivity index (χ1n) is 2.48. The lowest BCUT2D eigenvalue weighted by Gasteiger charge is -2.17. The quantitative estimate of drug-likeness (QED) is 0.401. The Bertz CT molecular complexity index is 160. The van der Waals surface area contributed by atoms with Crippen LogP contribution >= 0.6 is 0 Å². The molecule has 0 spiro atoms. The molecule has 3 nitrogen and oxygen atoms in total. The second-order valence-corrected chi connectivity index (χ2v) is 1.47. The van der Waals surface area contributed by atoms with Crippen LogP contribution in [0.25, 0.3) is 0 Å². The summed E-state index contributed by atoms with van der Waals surface area (Å²) in [6, 6.07) is 0. The Kier molecular flexibility index (Phi) is 1.53. The largest absolute Gasteiger partial charge is 0.459 e. The zero-order valence-electron chi connectivity index (χ0n) is 4.74. The molecular formula is C6H6O3. The molecule has 1 atom stereocenters. The first kappa shape index (κ1) is 5.88. The molecule has 0 bridgehead atoms. The average molecular weight is 126 g/mol. The minimum Gasteiger partial charge on any atom is -0.459 e. The Morgan fingerprint density at radius 2 is 2.56 bits per heavy atom. The molecule has 0 N–H and O–H groups in total. The Hall–Kier alpha value is -1.25. The summed E-state index contributed by atoms with van der Waals surface area (Å²) in [4.78, 5) is 10.4. The van der Waals surface area contributed by atoms with Crippen molar-refractivity contribution in [3.05, 3.63) is 25.0 Å². The highest BCUT2D eigenvalue weighted by Crippen LogP contribution is 2.07. The molecule has 0 aromatic heterocycles. The van der Waals surface area contributed by atoms with Gasteiger partial charge >= 0.3 is 5.97 Å². The molecule has 0 aromatic rings. The standard InChI is InChI=1S/C6H6O3/c1-2-5(7)9-6-3-4-8-6/h2-4,6H,1H2. The van der Waals surface area contributed by atoms with Crippen molar-refractivity contribution in [3.63, 3.8) is 0 Å². The summed E-state index contributed by atoms with van der Waals surface area (Å²) in [6.07, 6.45) is 3.69. The van der Waals surface area contributed by atoms with E-state index in [9.17, 15) is 4.79 Å². The van der Waals surface area contributed by atoms with Gasteiger partial charge in [-0.2, -0.15) is 0 Å². The van der Waals surface area contributed by atoms with E-state index in [0.717, 1.165) is 6.08 Å². The van der Waals surface area contributed by atoms with Gasteiger partial charge < -0.3 is 9.47 Å². The Morgan fingerprint density at radius 1 is 1.89 bits per heavy atom. The van der Waals surface area contributed by atoms with Crippen LogP contribution in [0, 0.1) is 0 Å². The van der Waals surface area contributed by atoms with Crippen molar-refractivity contribution >= 4 is 5.97 Å². The van der Waals surface area contributed by atoms with Gasteiger partial charge in [0, 0.05) is 12.2 Å². The smallest absolute Gasteiger partial charge is 0.333 e. The van der Waals surface area contributed by atoms with Crippen molar-refractivity contribution in [1.82, 2.24) is 0 Å². The second kappa shape index (κ2) is 2.35. The van der Waals surface area contributed by atoms with Gasteiger partial charge in [0.1, 0.15) is 0 Å². The molecule has 0 radical (unpaired) electrons. The van der Waals surface area contributed by atoms with Crippen molar-refractivity contribution < 1.29 is 14.3 Å². The van der Waals surface area contributed by atoms with E-state index >= 15 is 0 Å². The molecule has 1 aliphatic rings. The highest BCUT2D eigenvalue weighted by atomic mass is 16.7. The van der Waals surface area contributed by atoms with Crippen molar-refractivity contribution in [2.75, 3.05) is 0 Å². The zero-order chi connectivity index (χ0) is 6.69. The fourth-order valence-electron chi connectivity index (χ4n) is 0.372. The van der Waals surface area contributed by atoms with Crippen molar-refractivity contribution in [2.24, 2.45) is 0 Å². The van der Waals surface area contributed by atoms with E-state index in [2.05, 4.69) is 16.1 Å². The lowest BCUT2D eigenvalue weighted by molar-refractivity contribution is -0.160. The van der Waals surface area contributed by atoms with E-state index in [1.807, 2.05) is 0 Å². The summed E-state index contributed by atoms with van der Waals surface area (Å²) >= 11 is 0. The Labute approximate surface area is 52.6 Å². The van der Waals surface area contributed by atoms with Gasteiger partial charge in [0.15, 0.2) is 0 Å². The summed E-state index contributed by atoms with van der Waals surface area (Å²) < 4.78 is 9.20. The molecular weight excluding hydrogens is 120 g/mol. The summed E-state index contributed by atoms with van der Waals surface area (Å²) in [5.41, 5.74) is 0. The summed E-state index contributed by atoms with van der Waals surface area (Å²) in [5.74, 6) is -0.468. The van der Waals surface area contributed by atoms with Gasteiger partial charge in [0.25, 0.3) is 6.29 Å². The maximum absolute atomic E-state index is 10.4. The number of esters is 1. The van der Waals surface area contributed by atoms with Gasteiger partial charge in [0.2, 0.25) is 0 Å². The van der Waals surface area contributed by atoms with E-state index in [-0.39, 0.29) is 0 Å². The van der Waals surface area contributed by atoms with Gasteiger partial charge in [-0.05, 0) is 0 Å². The molecule has 1 heterocycles. The normalized spacial score (nSPS) is 21.6. The summed E-state index contributed by atoms with van der Waals surface area (Å²) in [5, 5.41) is 0. The van der Waals surface area contributed by atoms with Crippen LogP contribution in [0.2, 0.25) is 0 Å². The van der Waals surface area contributed by atoms with Gasteiger partial charge in [0.05, 0.1) is 6.26 Å². The second-order valence-electron chi connectivity index (χ2n) is 1.47. The number of carbonyl (C=O) groups excluding carboxylic acids is 1. The Morgan fingerprint density at radius 3 is 2.89 bits per heavy atom. The van der Waals surface area contributed by atoms with Crippen LogP contribution in [0.4, 0.5) is 0 Å². The summed E-state index contributed by atoms with van der Waals surface area (Å²) in [7, 11) is 0. The molecule has 1 unspecified atom stereocenters. The number of rotatable bonds is 2. The van der Waals surface area contributed by atoms with Crippen LogP contribution in [0.1, 0.15) is 0 Å². The van der Waals surface area contributed by atoms with Crippen LogP contribution in [0.3, 0.4) is 0 Å². The Balaban J connectivity index is 2.25. The van der Waals surface area contributed by atoms with Crippen molar-refractivity contribution in [3.8, 4) is 0 Å². The van der Waals surface area contributed by atoms with Crippen molar-refractivity contribution in [2.45, 2.75) is 6.29 Å². The monoisotopic (exact) mass is 126 g/mol. The molecule has 3 heteroatoms. The molecule has 0 aliphatic carbocycles.